The molecule has 0 aliphatic carbocycles. The molecule has 0 nitrogen and oxygen atoms in total. The summed E-state index contributed by atoms with van der Waals surface area (Å²) in [7, 11) is 0. The Kier molecular flexibility index (Phi) is 4.54. The molecule has 0 N–H and O–H groups in total. The van der Waals surface area contributed by atoms with Crippen LogP contribution >= 0.6 is 22.7 Å². The van der Waals surface area contributed by atoms with Crippen LogP contribution in [0, 0.1) is 0 Å². The van der Waals surface area contributed by atoms with Crippen LogP contribution in [0.1, 0.15) is 26.3 Å². The zero-order valence-electron chi connectivity index (χ0n) is 25.3. The molecule has 0 saturated carbocycles. The Morgan fingerprint density at radius 2 is 0.911 bits per heavy atom. The number of fused-ring (bicyclic) bond motifs is 12. The van der Waals surface area contributed by atoms with E-state index in [2.05, 4.69) is 130 Å². The fourth-order valence-electron chi connectivity index (χ4n) is 8.68. The van der Waals surface area contributed by atoms with Gasteiger partial charge in [-0.15, -0.1) is 22.7 Å². The maximum absolute atomic E-state index is 2.54. The van der Waals surface area contributed by atoms with Gasteiger partial charge >= 0.3 is 0 Å². The number of benzene rings is 7. The molecule has 2 aliphatic rings. The molecule has 0 amide bonds. The van der Waals surface area contributed by atoms with Crippen molar-refractivity contribution in [1.29, 1.82) is 0 Å². The van der Waals surface area contributed by atoms with Crippen LogP contribution in [0.4, 0.5) is 0 Å². The predicted octanol–water partition coefficient (Wildman–Crippen LogP) is 10.5. The van der Waals surface area contributed by atoms with Crippen molar-refractivity contribution < 1.29 is 0 Å². The topological polar surface area (TPSA) is 0 Å². The van der Waals surface area contributed by atoms with Gasteiger partial charge in [0, 0.05) is 40.3 Å². The van der Waals surface area contributed by atoms with Crippen LogP contribution in [0.15, 0.2) is 109 Å². The molecular formula is C42H27BS2. The van der Waals surface area contributed by atoms with Crippen molar-refractivity contribution >= 4 is 108 Å². The first kappa shape index (κ1) is 24.8. The summed E-state index contributed by atoms with van der Waals surface area (Å²) in [6.45, 7) is 7.28. The summed E-state index contributed by atoms with van der Waals surface area (Å²) in [6, 6.07) is 42.2. The predicted molar refractivity (Wildman–Crippen MR) is 201 cm³/mol. The summed E-state index contributed by atoms with van der Waals surface area (Å²) < 4.78 is 5.50. The zero-order valence-corrected chi connectivity index (χ0v) is 26.9. The lowest BCUT2D eigenvalue weighted by Crippen LogP contribution is -2.57. The molecule has 7 aromatic carbocycles. The molecule has 0 atom stereocenters. The fourth-order valence-corrected chi connectivity index (χ4v) is 11.0. The third-order valence-electron chi connectivity index (χ3n) is 10.6. The van der Waals surface area contributed by atoms with E-state index < -0.39 is 0 Å². The van der Waals surface area contributed by atoms with Gasteiger partial charge in [0.2, 0.25) is 6.71 Å². The van der Waals surface area contributed by atoms with E-state index in [-0.39, 0.29) is 12.1 Å². The first-order chi connectivity index (χ1) is 22.0. The van der Waals surface area contributed by atoms with Crippen molar-refractivity contribution in [3.05, 3.63) is 115 Å². The van der Waals surface area contributed by atoms with Crippen molar-refractivity contribution in [2.75, 3.05) is 0 Å². The van der Waals surface area contributed by atoms with E-state index in [1.54, 1.807) is 0 Å². The number of thiophene rings is 2. The molecule has 4 heterocycles. The van der Waals surface area contributed by atoms with E-state index in [1.807, 2.05) is 22.7 Å². The highest BCUT2D eigenvalue weighted by molar-refractivity contribution is 7.26. The van der Waals surface area contributed by atoms with E-state index in [0.717, 1.165) is 0 Å². The lowest BCUT2D eigenvalue weighted by Gasteiger charge is -2.36. The average molecular weight is 607 g/mol. The van der Waals surface area contributed by atoms with Crippen LogP contribution in [0.25, 0.3) is 84.1 Å². The minimum atomic E-state index is 0.0244. The van der Waals surface area contributed by atoms with E-state index in [4.69, 9.17) is 0 Å². The Morgan fingerprint density at radius 1 is 0.444 bits per heavy atom. The Labute approximate surface area is 269 Å². The third-order valence-corrected chi connectivity index (χ3v) is 12.8. The highest BCUT2D eigenvalue weighted by atomic mass is 32.1. The van der Waals surface area contributed by atoms with Crippen LogP contribution in [-0.2, 0) is 5.41 Å². The minimum absolute atomic E-state index is 0.0244. The average Bonchev–Trinajstić information content (AvgIpc) is 3.62. The van der Waals surface area contributed by atoms with Crippen LogP contribution in [0.3, 0.4) is 0 Å². The van der Waals surface area contributed by atoms with Gasteiger partial charge in [-0.05, 0) is 79.0 Å². The lowest BCUT2D eigenvalue weighted by atomic mass is 9.31. The Hall–Kier alpha value is -4.44. The molecule has 2 aliphatic heterocycles. The largest absolute Gasteiger partial charge is 0.244 e. The molecule has 2 aromatic heterocycles. The lowest BCUT2D eigenvalue weighted by molar-refractivity contribution is 0.591. The highest BCUT2D eigenvalue weighted by Crippen LogP contribution is 2.48. The number of rotatable bonds is 0. The summed E-state index contributed by atoms with van der Waals surface area (Å²) in [5.74, 6) is 0. The maximum atomic E-state index is 2.54. The van der Waals surface area contributed by atoms with Gasteiger partial charge in [-0.1, -0.05) is 122 Å². The molecule has 0 radical (unpaired) electrons. The molecular weight excluding hydrogens is 579 g/mol. The van der Waals surface area contributed by atoms with Crippen LogP contribution in [0.2, 0.25) is 0 Å². The van der Waals surface area contributed by atoms with E-state index in [9.17, 15) is 0 Å². The number of hydrogen-bond acceptors (Lipinski definition) is 2. The van der Waals surface area contributed by atoms with Gasteiger partial charge in [0.1, 0.15) is 0 Å². The molecule has 0 spiro atoms. The van der Waals surface area contributed by atoms with Crippen LogP contribution < -0.4 is 16.4 Å². The monoisotopic (exact) mass is 606 g/mol. The van der Waals surface area contributed by atoms with Crippen molar-refractivity contribution in [1.82, 2.24) is 0 Å². The molecule has 210 valence electrons. The van der Waals surface area contributed by atoms with Gasteiger partial charge in [-0.2, -0.15) is 0 Å². The quantitative estimate of drug-likeness (QED) is 0.151. The van der Waals surface area contributed by atoms with E-state index >= 15 is 0 Å². The van der Waals surface area contributed by atoms with Gasteiger partial charge in [-0.3, -0.25) is 0 Å². The molecule has 11 rings (SSSR count). The fraction of sp³-hybridized carbons (Fsp3) is 0.0952. The zero-order chi connectivity index (χ0) is 29.8. The van der Waals surface area contributed by atoms with Crippen molar-refractivity contribution in [2.45, 2.75) is 26.2 Å². The standard InChI is InChI=1S/C42H27BS2/c1-42(2,3)22-18-29-27-20-35-39(23-10-4-6-16-33(23)44-35)25-12-8-14-31(37(25)27)43-32-15-9-13-26-38(32)28(30(19-22)41(29)43)21-36-40(26)24-11-5-7-17-34(24)45-36/h4-21H,1-3H3. The summed E-state index contributed by atoms with van der Waals surface area (Å²) in [6.07, 6.45) is 0. The summed E-state index contributed by atoms with van der Waals surface area (Å²) in [5, 5.41) is 11.2. The van der Waals surface area contributed by atoms with Crippen molar-refractivity contribution in [3.63, 3.8) is 0 Å². The molecule has 9 aromatic rings. The Morgan fingerprint density at radius 3 is 1.40 bits per heavy atom. The molecule has 0 saturated heterocycles. The number of hydrogen-bond donors (Lipinski definition) is 0. The van der Waals surface area contributed by atoms with Gasteiger partial charge in [0.05, 0.1) is 0 Å². The molecule has 0 bridgehead atoms. The van der Waals surface area contributed by atoms with Crippen molar-refractivity contribution in [3.8, 4) is 22.3 Å². The molecule has 45 heavy (non-hydrogen) atoms. The first-order valence-electron chi connectivity index (χ1n) is 15.9. The highest BCUT2D eigenvalue weighted by Gasteiger charge is 2.40. The third kappa shape index (κ3) is 3.04. The van der Waals surface area contributed by atoms with Gasteiger partial charge in [0.15, 0.2) is 0 Å². The second kappa shape index (κ2) is 8.23. The normalized spacial score (nSPS) is 13.6. The Bertz CT molecular complexity index is 2620. The van der Waals surface area contributed by atoms with Gasteiger partial charge in [0.25, 0.3) is 0 Å². The molecule has 0 unspecified atom stereocenters. The Balaban J connectivity index is 1.38. The van der Waals surface area contributed by atoms with Crippen LogP contribution in [-0.4, -0.2) is 6.71 Å². The van der Waals surface area contributed by atoms with Gasteiger partial charge < -0.3 is 0 Å². The molecule has 3 heteroatoms. The molecule has 0 fully saturated rings. The summed E-state index contributed by atoms with van der Waals surface area (Å²) >= 11 is 3.87. The summed E-state index contributed by atoms with van der Waals surface area (Å²) in [4.78, 5) is 0. The minimum Gasteiger partial charge on any atom is -0.135 e. The first-order valence-corrected chi connectivity index (χ1v) is 17.5. The maximum Gasteiger partial charge on any atom is 0.244 e. The van der Waals surface area contributed by atoms with Crippen molar-refractivity contribution in [2.24, 2.45) is 0 Å². The van der Waals surface area contributed by atoms with E-state index in [1.165, 1.54) is 106 Å². The van der Waals surface area contributed by atoms with Crippen LogP contribution in [0.5, 0.6) is 0 Å². The second-order valence-corrected chi connectivity index (χ2v) is 16.2. The summed E-state index contributed by atoms with van der Waals surface area (Å²) in [5.41, 5.74) is 11.5. The van der Waals surface area contributed by atoms with Gasteiger partial charge in [-0.25, -0.2) is 0 Å². The van der Waals surface area contributed by atoms with E-state index in [0.29, 0.717) is 0 Å². The second-order valence-electron chi connectivity index (χ2n) is 14.0. The SMILES string of the molecule is CC(C)(C)c1cc2c3c(c1)-c1cc4sc5ccccc5c4c4cccc(c14)B3c1cccc3c1c-2cc1sc2ccccc2c13. The smallest absolute Gasteiger partial charge is 0.135 e.